The molecule has 0 spiro atoms. The number of pyridine rings is 2. The molecule has 3 aromatic rings. The molecule has 1 aromatic carbocycles. The second-order valence-corrected chi connectivity index (χ2v) is 4.88. The Labute approximate surface area is 134 Å². The lowest BCUT2D eigenvalue weighted by molar-refractivity contribution is 0.102. The highest BCUT2D eigenvalue weighted by Crippen LogP contribution is 2.14. The van der Waals surface area contributed by atoms with Crippen LogP contribution in [0.2, 0.25) is 0 Å². The van der Waals surface area contributed by atoms with E-state index in [2.05, 4.69) is 15.3 Å². The third-order valence-electron chi connectivity index (χ3n) is 3.18. The van der Waals surface area contributed by atoms with Crippen molar-refractivity contribution in [1.82, 2.24) is 9.97 Å². The Balaban J connectivity index is 1.73. The van der Waals surface area contributed by atoms with E-state index in [1.54, 1.807) is 30.6 Å². The van der Waals surface area contributed by atoms with Crippen molar-refractivity contribution in [3.05, 3.63) is 90.0 Å². The number of anilines is 1. The Kier molecular flexibility index (Phi) is 4.55. The van der Waals surface area contributed by atoms with Crippen LogP contribution in [-0.2, 0) is 0 Å². The fraction of sp³-hybridized carbons (Fsp3) is 0. The van der Waals surface area contributed by atoms with Crippen molar-refractivity contribution in [3.63, 3.8) is 0 Å². The molecule has 0 aliphatic carbocycles. The summed E-state index contributed by atoms with van der Waals surface area (Å²) in [5.74, 6) is -0.226. The minimum atomic E-state index is -0.226. The first-order chi connectivity index (χ1) is 11.3. The standard InChI is InChI=1S/C19H15N3O/c23-19(18-9-2-4-13-21-18)22-17-8-5-6-15(14-17)10-11-16-7-1-3-12-20-16/h1-14H,(H,22,23). The number of rotatable bonds is 4. The second kappa shape index (κ2) is 7.13. The molecule has 1 N–H and O–H groups in total. The van der Waals surface area contributed by atoms with Crippen LogP contribution in [0.25, 0.3) is 12.2 Å². The third-order valence-corrected chi connectivity index (χ3v) is 3.18. The minimum absolute atomic E-state index is 0.226. The maximum absolute atomic E-state index is 12.1. The van der Waals surface area contributed by atoms with E-state index in [-0.39, 0.29) is 5.91 Å². The van der Waals surface area contributed by atoms with E-state index in [4.69, 9.17) is 0 Å². The second-order valence-electron chi connectivity index (χ2n) is 4.88. The van der Waals surface area contributed by atoms with Gasteiger partial charge in [0.25, 0.3) is 5.91 Å². The fourth-order valence-corrected chi connectivity index (χ4v) is 2.07. The summed E-state index contributed by atoms with van der Waals surface area (Å²) in [5, 5.41) is 2.85. The Hall–Kier alpha value is -3.27. The van der Waals surface area contributed by atoms with Crippen LogP contribution in [-0.4, -0.2) is 15.9 Å². The Bertz CT molecular complexity index is 814. The molecule has 0 saturated heterocycles. The van der Waals surface area contributed by atoms with Gasteiger partial charge < -0.3 is 5.32 Å². The molecular formula is C19H15N3O. The Morgan fingerprint density at radius 2 is 1.70 bits per heavy atom. The van der Waals surface area contributed by atoms with E-state index >= 15 is 0 Å². The van der Waals surface area contributed by atoms with Crippen molar-refractivity contribution in [3.8, 4) is 0 Å². The van der Waals surface area contributed by atoms with Gasteiger partial charge in [0.05, 0.1) is 5.69 Å². The van der Waals surface area contributed by atoms with Gasteiger partial charge in [-0.2, -0.15) is 0 Å². The molecule has 0 unspecified atom stereocenters. The summed E-state index contributed by atoms with van der Waals surface area (Å²) in [6.07, 6.45) is 7.24. The van der Waals surface area contributed by atoms with Crippen LogP contribution in [0.3, 0.4) is 0 Å². The van der Waals surface area contributed by atoms with Crippen LogP contribution in [0.5, 0.6) is 0 Å². The molecule has 3 rings (SSSR count). The molecule has 2 aromatic heterocycles. The molecule has 0 bridgehead atoms. The number of hydrogen-bond donors (Lipinski definition) is 1. The molecule has 0 fully saturated rings. The average Bonchev–Trinajstić information content (AvgIpc) is 2.62. The predicted octanol–water partition coefficient (Wildman–Crippen LogP) is 3.90. The number of carbonyl (C=O) groups is 1. The van der Waals surface area contributed by atoms with Crippen LogP contribution >= 0.6 is 0 Å². The fourth-order valence-electron chi connectivity index (χ4n) is 2.07. The van der Waals surface area contributed by atoms with Crippen molar-refractivity contribution in [2.24, 2.45) is 0 Å². The summed E-state index contributed by atoms with van der Waals surface area (Å²) < 4.78 is 0. The molecule has 4 nitrogen and oxygen atoms in total. The van der Waals surface area contributed by atoms with E-state index in [0.29, 0.717) is 5.69 Å². The van der Waals surface area contributed by atoms with Gasteiger partial charge in [-0.05, 0) is 48.0 Å². The number of benzene rings is 1. The number of nitrogens with zero attached hydrogens (tertiary/aromatic N) is 2. The van der Waals surface area contributed by atoms with Crippen molar-refractivity contribution in [1.29, 1.82) is 0 Å². The molecule has 0 atom stereocenters. The lowest BCUT2D eigenvalue weighted by Gasteiger charge is -2.05. The zero-order valence-corrected chi connectivity index (χ0v) is 12.4. The first kappa shape index (κ1) is 14.7. The quantitative estimate of drug-likeness (QED) is 0.795. The van der Waals surface area contributed by atoms with Gasteiger partial charge in [-0.25, -0.2) is 0 Å². The van der Waals surface area contributed by atoms with Gasteiger partial charge in [-0.15, -0.1) is 0 Å². The van der Waals surface area contributed by atoms with E-state index < -0.39 is 0 Å². The molecule has 0 aliphatic heterocycles. The molecular weight excluding hydrogens is 286 g/mol. The van der Waals surface area contributed by atoms with Crippen LogP contribution in [0.4, 0.5) is 5.69 Å². The third kappa shape index (κ3) is 4.11. The Morgan fingerprint density at radius 1 is 0.870 bits per heavy atom. The van der Waals surface area contributed by atoms with Crippen molar-refractivity contribution < 1.29 is 4.79 Å². The van der Waals surface area contributed by atoms with Crippen molar-refractivity contribution in [2.75, 3.05) is 5.32 Å². The van der Waals surface area contributed by atoms with Crippen LogP contribution in [0.1, 0.15) is 21.7 Å². The van der Waals surface area contributed by atoms with Crippen LogP contribution < -0.4 is 5.32 Å². The van der Waals surface area contributed by atoms with Gasteiger partial charge in [0.15, 0.2) is 0 Å². The van der Waals surface area contributed by atoms with Crippen molar-refractivity contribution in [2.45, 2.75) is 0 Å². The van der Waals surface area contributed by atoms with Crippen LogP contribution in [0.15, 0.2) is 73.1 Å². The van der Waals surface area contributed by atoms with E-state index in [1.165, 1.54) is 0 Å². The number of amides is 1. The van der Waals surface area contributed by atoms with Gasteiger partial charge >= 0.3 is 0 Å². The number of aromatic nitrogens is 2. The molecule has 1 amide bonds. The monoisotopic (exact) mass is 301 g/mol. The van der Waals surface area contributed by atoms with Gasteiger partial charge in [-0.1, -0.05) is 30.3 Å². The molecule has 4 heteroatoms. The maximum atomic E-state index is 12.1. The van der Waals surface area contributed by atoms with Gasteiger partial charge in [0.1, 0.15) is 5.69 Å². The zero-order chi connectivity index (χ0) is 15.9. The average molecular weight is 301 g/mol. The van der Waals surface area contributed by atoms with Gasteiger partial charge in [-0.3, -0.25) is 14.8 Å². The summed E-state index contributed by atoms with van der Waals surface area (Å²) in [4.78, 5) is 20.4. The maximum Gasteiger partial charge on any atom is 0.274 e. The SMILES string of the molecule is O=C(Nc1cccc(C=Cc2ccccn2)c1)c1ccccn1. The summed E-state index contributed by atoms with van der Waals surface area (Å²) in [5.41, 5.74) is 2.98. The summed E-state index contributed by atoms with van der Waals surface area (Å²) in [7, 11) is 0. The summed E-state index contributed by atoms with van der Waals surface area (Å²) in [6.45, 7) is 0. The topological polar surface area (TPSA) is 54.9 Å². The molecule has 112 valence electrons. The predicted molar refractivity (Wildman–Crippen MR) is 91.8 cm³/mol. The molecule has 23 heavy (non-hydrogen) atoms. The summed E-state index contributed by atoms with van der Waals surface area (Å²) >= 11 is 0. The highest BCUT2D eigenvalue weighted by Gasteiger charge is 2.06. The summed E-state index contributed by atoms with van der Waals surface area (Å²) in [6, 6.07) is 18.6. The minimum Gasteiger partial charge on any atom is -0.321 e. The van der Waals surface area contributed by atoms with Crippen LogP contribution in [0, 0.1) is 0 Å². The normalized spacial score (nSPS) is 10.6. The number of carbonyl (C=O) groups excluding carboxylic acids is 1. The number of hydrogen-bond acceptors (Lipinski definition) is 3. The lowest BCUT2D eigenvalue weighted by atomic mass is 10.1. The van der Waals surface area contributed by atoms with Crippen molar-refractivity contribution >= 4 is 23.7 Å². The largest absolute Gasteiger partial charge is 0.321 e. The number of nitrogens with one attached hydrogen (secondary N) is 1. The molecule has 0 radical (unpaired) electrons. The van der Waals surface area contributed by atoms with E-state index in [9.17, 15) is 4.79 Å². The molecule has 0 saturated carbocycles. The highest BCUT2D eigenvalue weighted by molar-refractivity contribution is 6.02. The first-order valence-electron chi connectivity index (χ1n) is 7.23. The zero-order valence-electron chi connectivity index (χ0n) is 12.4. The highest BCUT2D eigenvalue weighted by atomic mass is 16.1. The van der Waals surface area contributed by atoms with Gasteiger partial charge in [0, 0.05) is 18.1 Å². The smallest absolute Gasteiger partial charge is 0.274 e. The molecule has 0 aliphatic rings. The van der Waals surface area contributed by atoms with E-state index in [0.717, 1.165) is 16.9 Å². The van der Waals surface area contributed by atoms with E-state index in [1.807, 2.05) is 54.6 Å². The molecule has 2 heterocycles. The first-order valence-corrected chi connectivity index (χ1v) is 7.23. The van der Waals surface area contributed by atoms with Gasteiger partial charge in [0.2, 0.25) is 0 Å². The Morgan fingerprint density at radius 3 is 2.43 bits per heavy atom. The lowest BCUT2D eigenvalue weighted by Crippen LogP contribution is -2.13.